The van der Waals surface area contributed by atoms with Gasteiger partial charge in [-0.1, -0.05) is 26.0 Å². The van der Waals surface area contributed by atoms with Gasteiger partial charge in [0.25, 0.3) is 0 Å². The molecule has 2 unspecified atom stereocenters. The molecule has 4 nitrogen and oxygen atoms in total. The van der Waals surface area contributed by atoms with Gasteiger partial charge in [-0.3, -0.25) is 4.79 Å². The fourth-order valence-corrected chi connectivity index (χ4v) is 2.48. The van der Waals surface area contributed by atoms with Crippen molar-refractivity contribution in [3.63, 3.8) is 0 Å². The van der Waals surface area contributed by atoms with Crippen molar-refractivity contribution in [1.29, 1.82) is 0 Å². The summed E-state index contributed by atoms with van der Waals surface area (Å²) in [6, 6.07) is 8.07. The molecule has 104 valence electrons. The second-order valence-corrected chi connectivity index (χ2v) is 5.73. The van der Waals surface area contributed by atoms with Crippen LogP contribution in [0.15, 0.2) is 24.3 Å². The minimum atomic E-state index is -0.900. The van der Waals surface area contributed by atoms with E-state index in [1.165, 1.54) is 5.56 Å². The summed E-state index contributed by atoms with van der Waals surface area (Å²) in [5.74, 6) is 0.893. The Morgan fingerprint density at radius 3 is 2.47 bits per heavy atom. The van der Waals surface area contributed by atoms with E-state index in [2.05, 4.69) is 26.0 Å². The minimum Gasteiger partial charge on any atom is -0.490 e. The molecule has 0 heterocycles. The number of rotatable bonds is 4. The molecule has 0 aliphatic heterocycles. The lowest BCUT2D eigenvalue weighted by Crippen LogP contribution is -2.50. The molecule has 1 aromatic carbocycles. The molecule has 0 radical (unpaired) electrons. The third-order valence-electron chi connectivity index (χ3n) is 3.84. The van der Waals surface area contributed by atoms with Crippen LogP contribution >= 0.6 is 0 Å². The number of ether oxygens (including phenoxy) is 1. The largest absolute Gasteiger partial charge is 0.490 e. The molecule has 0 saturated heterocycles. The summed E-state index contributed by atoms with van der Waals surface area (Å²) in [4.78, 5) is 11.3. The first kappa shape index (κ1) is 13.9. The van der Waals surface area contributed by atoms with E-state index in [0.29, 0.717) is 18.8 Å². The summed E-state index contributed by atoms with van der Waals surface area (Å²) in [5.41, 5.74) is 11.7. The summed E-state index contributed by atoms with van der Waals surface area (Å²) in [6.07, 6.45) is 1.83. The summed E-state index contributed by atoms with van der Waals surface area (Å²) < 4.78 is 5.87. The summed E-state index contributed by atoms with van der Waals surface area (Å²) in [5, 5.41) is 0. The average molecular weight is 262 g/mol. The number of carbonyl (C=O) groups is 1. The highest BCUT2D eigenvalue weighted by Gasteiger charge is 2.41. The van der Waals surface area contributed by atoms with E-state index in [1.807, 2.05) is 12.1 Å². The van der Waals surface area contributed by atoms with Crippen molar-refractivity contribution in [1.82, 2.24) is 0 Å². The van der Waals surface area contributed by atoms with Gasteiger partial charge in [-0.05, 0) is 36.5 Å². The van der Waals surface area contributed by atoms with Crippen LogP contribution in [-0.4, -0.2) is 17.6 Å². The molecule has 2 rings (SSSR count). The molecule has 2 atom stereocenters. The lowest BCUT2D eigenvalue weighted by atomic mass is 9.99. The van der Waals surface area contributed by atoms with Crippen LogP contribution in [0, 0.1) is 0 Å². The van der Waals surface area contributed by atoms with Crippen LogP contribution in [-0.2, 0) is 4.79 Å². The Morgan fingerprint density at radius 2 is 2.00 bits per heavy atom. The predicted octanol–water partition coefficient (Wildman–Crippen LogP) is 1.92. The zero-order valence-corrected chi connectivity index (χ0v) is 11.6. The van der Waals surface area contributed by atoms with E-state index in [9.17, 15) is 4.79 Å². The van der Waals surface area contributed by atoms with Gasteiger partial charge in [0.05, 0.1) is 5.54 Å². The number of carbonyl (C=O) groups excluding carboxylic acids is 1. The Labute approximate surface area is 114 Å². The SMILES string of the molecule is CC(C)c1ccc(OC2CCC(N)(C(N)=O)C2)cc1. The molecule has 1 aliphatic rings. The quantitative estimate of drug-likeness (QED) is 0.870. The smallest absolute Gasteiger partial charge is 0.237 e. The third-order valence-corrected chi connectivity index (χ3v) is 3.84. The monoisotopic (exact) mass is 262 g/mol. The Morgan fingerprint density at radius 1 is 1.37 bits per heavy atom. The molecular formula is C15H22N2O2. The van der Waals surface area contributed by atoms with Gasteiger partial charge < -0.3 is 16.2 Å². The zero-order valence-electron chi connectivity index (χ0n) is 11.6. The molecule has 1 saturated carbocycles. The molecule has 0 bridgehead atoms. The van der Waals surface area contributed by atoms with Gasteiger partial charge in [-0.15, -0.1) is 0 Å². The molecule has 1 amide bonds. The molecule has 1 fully saturated rings. The van der Waals surface area contributed by atoms with Gasteiger partial charge in [-0.2, -0.15) is 0 Å². The predicted molar refractivity (Wildman–Crippen MR) is 74.9 cm³/mol. The normalized spacial score (nSPS) is 26.6. The van der Waals surface area contributed by atoms with Crippen molar-refractivity contribution in [2.45, 2.75) is 50.7 Å². The first-order valence-corrected chi connectivity index (χ1v) is 6.76. The molecule has 4 heteroatoms. The molecule has 19 heavy (non-hydrogen) atoms. The number of benzene rings is 1. The maximum Gasteiger partial charge on any atom is 0.237 e. The number of hydrogen-bond acceptors (Lipinski definition) is 3. The topological polar surface area (TPSA) is 78.3 Å². The van der Waals surface area contributed by atoms with Crippen LogP contribution in [0.2, 0.25) is 0 Å². The van der Waals surface area contributed by atoms with Crippen molar-refractivity contribution in [2.24, 2.45) is 11.5 Å². The number of primary amides is 1. The van der Waals surface area contributed by atoms with E-state index in [0.717, 1.165) is 12.2 Å². The third kappa shape index (κ3) is 3.07. The van der Waals surface area contributed by atoms with Gasteiger partial charge in [0.15, 0.2) is 0 Å². The minimum absolute atomic E-state index is 0.0256. The maximum absolute atomic E-state index is 11.3. The number of amides is 1. The number of hydrogen-bond donors (Lipinski definition) is 2. The first-order chi connectivity index (χ1) is 8.90. The highest BCUT2D eigenvalue weighted by Crippen LogP contribution is 2.31. The lowest BCUT2D eigenvalue weighted by molar-refractivity contribution is -0.123. The van der Waals surface area contributed by atoms with Crippen molar-refractivity contribution >= 4 is 5.91 Å². The van der Waals surface area contributed by atoms with Crippen LogP contribution < -0.4 is 16.2 Å². The van der Waals surface area contributed by atoms with E-state index in [1.54, 1.807) is 0 Å². The van der Waals surface area contributed by atoms with Crippen LogP contribution in [0.4, 0.5) is 0 Å². The van der Waals surface area contributed by atoms with Crippen LogP contribution in [0.3, 0.4) is 0 Å². The Kier molecular flexibility index (Phi) is 3.80. The highest BCUT2D eigenvalue weighted by molar-refractivity contribution is 5.84. The molecular weight excluding hydrogens is 240 g/mol. The summed E-state index contributed by atoms with van der Waals surface area (Å²) in [7, 11) is 0. The van der Waals surface area contributed by atoms with Crippen molar-refractivity contribution < 1.29 is 9.53 Å². The molecule has 4 N–H and O–H groups in total. The second kappa shape index (κ2) is 5.21. The van der Waals surface area contributed by atoms with Crippen molar-refractivity contribution in [3.05, 3.63) is 29.8 Å². The van der Waals surface area contributed by atoms with Gasteiger partial charge >= 0.3 is 0 Å². The van der Waals surface area contributed by atoms with Crippen LogP contribution in [0.1, 0.15) is 44.6 Å². The maximum atomic E-state index is 11.3. The Bertz CT molecular complexity index is 456. The molecule has 1 aliphatic carbocycles. The standard InChI is InChI=1S/C15H22N2O2/c1-10(2)11-3-5-12(6-4-11)19-13-7-8-15(17,9-13)14(16)18/h3-6,10,13H,7-9,17H2,1-2H3,(H2,16,18). The first-order valence-electron chi connectivity index (χ1n) is 6.76. The average Bonchev–Trinajstić information content (AvgIpc) is 2.73. The second-order valence-electron chi connectivity index (χ2n) is 5.73. The van der Waals surface area contributed by atoms with Gasteiger partial charge in [0.1, 0.15) is 11.9 Å². The fourth-order valence-electron chi connectivity index (χ4n) is 2.48. The van der Waals surface area contributed by atoms with Crippen LogP contribution in [0.25, 0.3) is 0 Å². The van der Waals surface area contributed by atoms with Gasteiger partial charge in [0.2, 0.25) is 5.91 Å². The molecule has 0 spiro atoms. The zero-order chi connectivity index (χ0) is 14.0. The van der Waals surface area contributed by atoms with E-state index in [-0.39, 0.29) is 6.10 Å². The van der Waals surface area contributed by atoms with E-state index in [4.69, 9.17) is 16.2 Å². The Hall–Kier alpha value is -1.55. The molecule has 0 aromatic heterocycles. The van der Waals surface area contributed by atoms with Crippen LogP contribution in [0.5, 0.6) is 5.75 Å². The van der Waals surface area contributed by atoms with E-state index < -0.39 is 11.4 Å². The Balaban J connectivity index is 1.97. The van der Waals surface area contributed by atoms with Gasteiger partial charge in [-0.25, -0.2) is 0 Å². The summed E-state index contributed by atoms with van der Waals surface area (Å²) >= 11 is 0. The lowest BCUT2D eigenvalue weighted by Gasteiger charge is -2.20. The van der Waals surface area contributed by atoms with Crippen molar-refractivity contribution in [2.75, 3.05) is 0 Å². The van der Waals surface area contributed by atoms with E-state index >= 15 is 0 Å². The summed E-state index contributed by atoms with van der Waals surface area (Å²) in [6.45, 7) is 4.31. The highest BCUT2D eigenvalue weighted by atomic mass is 16.5. The number of nitrogens with two attached hydrogens (primary N) is 2. The van der Waals surface area contributed by atoms with Crippen molar-refractivity contribution in [3.8, 4) is 5.75 Å². The van der Waals surface area contributed by atoms with Gasteiger partial charge in [0, 0.05) is 6.42 Å². The molecule has 1 aromatic rings. The fraction of sp³-hybridized carbons (Fsp3) is 0.533.